The number of hydrogen-bond donors (Lipinski definition) is 0. The number of ether oxygens (including phenoxy) is 1. The van der Waals surface area contributed by atoms with Crippen molar-refractivity contribution in [2.45, 2.75) is 25.3 Å². The molecule has 0 heterocycles. The van der Waals surface area contributed by atoms with Crippen LogP contribution >= 0.6 is 0 Å². The van der Waals surface area contributed by atoms with Crippen LogP contribution in [0, 0.1) is 12.7 Å². The van der Waals surface area contributed by atoms with Crippen molar-refractivity contribution in [1.82, 2.24) is 0 Å². The zero-order valence-electron chi connectivity index (χ0n) is 9.21. The van der Waals surface area contributed by atoms with Crippen molar-refractivity contribution in [3.05, 3.63) is 29.1 Å². The smallest absolute Gasteiger partial charge is 0.235 e. The summed E-state index contributed by atoms with van der Waals surface area (Å²) in [6.07, 6.45) is 2.90. The van der Waals surface area contributed by atoms with E-state index in [2.05, 4.69) is 4.99 Å². The minimum absolute atomic E-state index is 0.338. The lowest BCUT2D eigenvalue weighted by Gasteiger charge is -2.15. The molecule has 0 N–H and O–H groups in total. The molecule has 1 fully saturated rings. The molecule has 0 atom stereocenters. The Morgan fingerprint density at radius 3 is 2.69 bits per heavy atom. The topological polar surface area (TPSA) is 38.7 Å². The van der Waals surface area contributed by atoms with Crippen LogP contribution in [-0.2, 0) is 10.3 Å². The van der Waals surface area contributed by atoms with E-state index in [-0.39, 0.29) is 5.82 Å². The summed E-state index contributed by atoms with van der Waals surface area (Å²) in [6.45, 7) is 1.78. The third kappa shape index (κ3) is 1.51. The first-order valence-corrected chi connectivity index (χ1v) is 5.07. The maximum Gasteiger partial charge on any atom is 0.235 e. The number of benzene rings is 1. The average Bonchev–Trinajstić information content (AvgIpc) is 2.99. The predicted octanol–water partition coefficient (Wildman–Crippen LogP) is 2.47. The molecule has 0 spiro atoms. The number of rotatable bonds is 3. The highest BCUT2D eigenvalue weighted by Gasteiger charge is 2.48. The molecule has 84 valence electrons. The maximum absolute atomic E-state index is 13.8. The Morgan fingerprint density at radius 2 is 2.19 bits per heavy atom. The number of isocyanates is 1. The molecular weight excluding hydrogens is 209 g/mol. The molecule has 1 aliphatic rings. The summed E-state index contributed by atoms with van der Waals surface area (Å²) in [4.78, 5) is 14.1. The average molecular weight is 221 g/mol. The van der Waals surface area contributed by atoms with E-state index in [9.17, 15) is 9.18 Å². The van der Waals surface area contributed by atoms with Gasteiger partial charge in [-0.3, -0.25) is 0 Å². The molecule has 3 nitrogen and oxygen atoms in total. The quantitative estimate of drug-likeness (QED) is 0.581. The van der Waals surface area contributed by atoms with Gasteiger partial charge in [-0.2, -0.15) is 4.99 Å². The van der Waals surface area contributed by atoms with Crippen molar-refractivity contribution in [1.29, 1.82) is 0 Å². The van der Waals surface area contributed by atoms with Crippen molar-refractivity contribution >= 4 is 6.08 Å². The third-order valence-corrected chi connectivity index (χ3v) is 3.03. The largest absolute Gasteiger partial charge is 0.496 e. The van der Waals surface area contributed by atoms with Crippen molar-refractivity contribution < 1.29 is 13.9 Å². The van der Waals surface area contributed by atoms with Crippen molar-refractivity contribution in [2.24, 2.45) is 4.99 Å². The molecule has 0 radical (unpaired) electrons. The molecule has 0 amide bonds. The minimum atomic E-state index is -0.690. The van der Waals surface area contributed by atoms with Gasteiger partial charge in [-0.1, -0.05) is 0 Å². The SMILES string of the molecule is COc1ccc(F)c(C2(N=C=O)CC2)c1C. The van der Waals surface area contributed by atoms with E-state index in [0.717, 1.165) is 0 Å². The van der Waals surface area contributed by atoms with Crippen LogP contribution in [0.1, 0.15) is 24.0 Å². The van der Waals surface area contributed by atoms with Gasteiger partial charge in [0.05, 0.1) is 7.11 Å². The molecule has 1 aromatic carbocycles. The van der Waals surface area contributed by atoms with E-state index in [1.54, 1.807) is 13.0 Å². The van der Waals surface area contributed by atoms with E-state index < -0.39 is 5.54 Å². The van der Waals surface area contributed by atoms with Gasteiger partial charge in [-0.05, 0) is 37.5 Å². The van der Waals surface area contributed by atoms with Gasteiger partial charge in [-0.25, -0.2) is 9.18 Å². The van der Waals surface area contributed by atoms with E-state index in [1.807, 2.05) is 0 Å². The first kappa shape index (κ1) is 10.8. The number of hydrogen-bond acceptors (Lipinski definition) is 3. The molecule has 1 aliphatic carbocycles. The van der Waals surface area contributed by atoms with Crippen LogP contribution in [0.15, 0.2) is 17.1 Å². The predicted molar refractivity (Wildman–Crippen MR) is 56.7 cm³/mol. The van der Waals surface area contributed by atoms with Crippen LogP contribution in [0.2, 0.25) is 0 Å². The van der Waals surface area contributed by atoms with Crippen molar-refractivity contribution in [3.8, 4) is 5.75 Å². The zero-order valence-corrected chi connectivity index (χ0v) is 9.21. The third-order valence-electron chi connectivity index (χ3n) is 3.03. The number of aliphatic imine (C=N–C) groups is 1. The fraction of sp³-hybridized carbons (Fsp3) is 0.417. The molecule has 0 aliphatic heterocycles. The Bertz CT molecular complexity index is 474. The van der Waals surface area contributed by atoms with Gasteiger partial charge in [0, 0.05) is 5.56 Å². The van der Waals surface area contributed by atoms with Gasteiger partial charge in [0.25, 0.3) is 0 Å². The van der Waals surface area contributed by atoms with E-state index in [0.29, 0.717) is 29.7 Å². The fourth-order valence-electron chi connectivity index (χ4n) is 2.08. The Labute approximate surface area is 93.0 Å². The molecule has 0 saturated heterocycles. The second kappa shape index (κ2) is 3.72. The van der Waals surface area contributed by atoms with Crippen LogP contribution in [0.3, 0.4) is 0 Å². The first-order chi connectivity index (χ1) is 7.64. The van der Waals surface area contributed by atoms with Gasteiger partial charge in [0.2, 0.25) is 6.08 Å². The summed E-state index contributed by atoms with van der Waals surface area (Å²) in [5, 5.41) is 0. The summed E-state index contributed by atoms with van der Waals surface area (Å²) < 4.78 is 18.9. The maximum atomic E-state index is 13.8. The number of methoxy groups -OCH3 is 1. The molecule has 1 saturated carbocycles. The Morgan fingerprint density at radius 1 is 1.50 bits per heavy atom. The van der Waals surface area contributed by atoms with Crippen LogP contribution in [0.4, 0.5) is 4.39 Å². The van der Waals surface area contributed by atoms with Crippen LogP contribution in [0.25, 0.3) is 0 Å². The molecule has 4 heteroatoms. The number of nitrogens with zero attached hydrogens (tertiary/aromatic N) is 1. The van der Waals surface area contributed by atoms with E-state index in [1.165, 1.54) is 19.3 Å². The van der Waals surface area contributed by atoms with Crippen molar-refractivity contribution in [3.63, 3.8) is 0 Å². The molecule has 0 bridgehead atoms. The van der Waals surface area contributed by atoms with E-state index >= 15 is 0 Å². The Kier molecular flexibility index (Phi) is 2.52. The highest BCUT2D eigenvalue weighted by atomic mass is 19.1. The van der Waals surface area contributed by atoms with E-state index in [4.69, 9.17) is 4.74 Å². The summed E-state index contributed by atoms with van der Waals surface area (Å²) >= 11 is 0. The summed E-state index contributed by atoms with van der Waals surface area (Å²) in [7, 11) is 1.53. The number of halogens is 1. The summed E-state index contributed by atoms with van der Waals surface area (Å²) in [5.41, 5.74) is 0.485. The standard InChI is InChI=1S/C12H12FNO2/c1-8-10(16-2)4-3-9(13)11(8)12(5-6-12)14-7-15/h3-4H,5-6H2,1-2H3. The lowest BCUT2D eigenvalue weighted by atomic mass is 9.98. The Hall–Kier alpha value is -1.67. The highest BCUT2D eigenvalue weighted by molar-refractivity contribution is 5.49. The molecular formula is C12H12FNO2. The van der Waals surface area contributed by atoms with Gasteiger partial charge in [0.1, 0.15) is 17.1 Å². The van der Waals surface area contributed by atoms with Crippen LogP contribution in [-0.4, -0.2) is 13.2 Å². The second-order valence-corrected chi connectivity index (χ2v) is 3.98. The normalized spacial score (nSPS) is 16.4. The Balaban J connectivity index is 2.60. The van der Waals surface area contributed by atoms with Gasteiger partial charge in [0.15, 0.2) is 0 Å². The first-order valence-electron chi connectivity index (χ1n) is 5.07. The zero-order chi connectivity index (χ0) is 11.8. The number of carbonyl (C=O) groups excluding carboxylic acids is 1. The molecule has 0 aromatic heterocycles. The van der Waals surface area contributed by atoms with Gasteiger partial charge in [-0.15, -0.1) is 0 Å². The fourth-order valence-corrected chi connectivity index (χ4v) is 2.08. The molecule has 0 unspecified atom stereocenters. The highest BCUT2D eigenvalue weighted by Crippen LogP contribution is 2.52. The summed E-state index contributed by atoms with van der Waals surface area (Å²) in [6, 6.07) is 2.93. The molecule has 2 rings (SSSR count). The molecule has 16 heavy (non-hydrogen) atoms. The van der Waals surface area contributed by atoms with Crippen LogP contribution in [0.5, 0.6) is 5.75 Å². The lowest BCUT2D eigenvalue weighted by Crippen LogP contribution is -2.09. The van der Waals surface area contributed by atoms with Crippen molar-refractivity contribution in [2.75, 3.05) is 7.11 Å². The minimum Gasteiger partial charge on any atom is -0.496 e. The second-order valence-electron chi connectivity index (χ2n) is 3.98. The van der Waals surface area contributed by atoms with Gasteiger partial charge >= 0.3 is 0 Å². The lowest BCUT2D eigenvalue weighted by molar-refractivity contribution is 0.408. The monoisotopic (exact) mass is 221 g/mol. The van der Waals surface area contributed by atoms with Gasteiger partial charge < -0.3 is 4.74 Å². The molecule has 1 aromatic rings. The summed E-state index contributed by atoms with van der Waals surface area (Å²) in [5.74, 6) is 0.276. The van der Waals surface area contributed by atoms with Crippen LogP contribution < -0.4 is 4.74 Å².